The number of imide groups is 1. The molecule has 2 heterocycles. The van der Waals surface area contributed by atoms with Gasteiger partial charge in [-0.25, -0.2) is 14.3 Å². The van der Waals surface area contributed by atoms with E-state index in [-0.39, 0.29) is 6.42 Å². The maximum atomic E-state index is 11.6. The molecular formula is C18H19N5O2S. The maximum absolute atomic E-state index is 11.6. The number of fused-ring (bicyclic) bond motifs is 1. The molecule has 3 N–H and O–H groups in total. The van der Waals surface area contributed by atoms with Crippen molar-refractivity contribution in [3.63, 3.8) is 0 Å². The Balaban J connectivity index is 1.93. The lowest BCUT2D eigenvalue weighted by molar-refractivity contribution is -0.119. The van der Waals surface area contributed by atoms with Crippen molar-refractivity contribution in [2.75, 3.05) is 5.75 Å². The number of urea groups is 1. The van der Waals surface area contributed by atoms with Crippen molar-refractivity contribution in [3.05, 3.63) is 47.7 Å². The molecule has 0 bridgehead atoms. The van der Waals surface area contributed by atoms with Gasteiger partial charge in [0.25, 0.3) is 0 Å². The summed E-state index contributed by atoms with van der Waals surface area (Å²) in [6.45, 7) is 3.97. The molecule has 0 aliphatic carbocycles. The molecule has 0 aliphatic rings. The molecule has 0 radical (unpaired) electrons. The van der Waals surface area contributed by atoms with E-state index in [0.29, 0.717) is 10.9 Å². The highest BCUT2D eigenvalue weighted by molar-refractivity contribution is 7.99. The van der Waals surface area contributed by atoms with Gasteiger partial charge in [0.05, 0.1) is 16.9 Å². The van der Waals surface area contributed by atoms with Crippen LogP contribution in [-0.2, 0) is 4.79 Å². The Hall–Kier alpha value is -2.87. The van der Waals surface area contributed by atoms with E-state index in [1.807, 2.05) is 54.8 Å². The van der Waals surface area contributed by atoms with Crippen molar-refractivity contribution < 1.29 is 9.59 Å². The largest absolute Gasteiger partial charge is 0.351 e. The van der Waals surface area contributed by atoms with Gasteiger partial charge in [-0.05, 0) is 25.5 Å². The molecule has 0 saturated heterocycles. The molecule has 1 aromatic carbocycles. The Morgan fingerprint density at radius 2 is 1.96 bits per heavy atom. The Morgan fingerprint density at radius 1 is 1.23 bits per heavy atom. The van der Waals surface area contributed by atoms with Crippen LogP contribution in [0.3, 0.4) is 0 Å². The monoisotopic (exact) mass is 369 g/mol. The zero-order chi connectivity index (χ0) is 18.7. The van der Waals surface area contributed by atoms with Gasteiger partial charge < -0.3 is 5.73 Å². The number of hydrogen-bond acceptors (Lipinski definition) is 5. The van der Waals surface area contributed by atoms with E-state index in [2.05, 4.69) is 10.4 Å². The average molecular weight is 369 g/mol. The van der Waals surface area contributed by atoms with Gasteiger partial charge in [0.1, 0.15) is 0 Å². The number of aryl methyl sites for hydroxylation is 2. The molecule has 0 saturated carbocycles. The average Bonchev–Trinajstić information content (AvgIpc) is 2.94. The summed E-state index contributed by atoms with van der Waals surface area (Å²) in [5.74, 6) is 0.0515. The molecule has 3 amide bonds. The van der Waals surface area contributed by atoms with E-state index < -0.39 is 11.9 Å². The molecule has 0 spiro atoms. The zero-order valence-corrected chi connectivity index (χ0v) is 15.3. The lowest BCUT2D eigenvalue weighted by Crippen LogP contribution is -2.35. The normalized spacial score (nSPS) is 10.8. The van der Waals surface area contributed by atoms with Gasteiger partial charge >= 0.3 is 6.03 Å². The first kappa shape index (κ1) is 17.9. The molecule has 0 atom stereocenters. The summed E-state index contributed by atoms with van der Waals surface area (Å²) in [5, 5.41) is 7.35. The molecule has 2 aromatic heterocycles. The summed E-state index contributed by atoms with van der Waals surface area (Å²) >= 11 is 1.41. The summed E-state index contributed by atoms with van der Waals surface area (Å²) in [6.07, 6.45) is 0.161. The fourth-order valence-electron chi connectivity index (χ4n) is 2.73. The van der Waals surface area contributed by atoms with Crippen LogP contribution >= 0.6 is 11.8 Å². The fraction of sp³-hybridized carbons (Fsp3) is 0.222. The van der Waals surface area contributed by atoms with Crippen molar-refractivity contribution in [1.82, 2.24) is 19.9 Å². The first-order valence-corrected chi connectivity index (χ1v) is 9.08. The standard InChI is InChI=1S/C18H19N5O2S/c1-11-10-12(2)22-23-16(11)15(13-6-4-3-5-7-13)21-18(23)26-9-8-14(24)20-17(19)25/h3-7,10H,8-9H2,1-2H3,(H3,19,20,24,25). The molecule has 3 aromatic rings. The van der Waals surface area contributed by atoms with Crippen LogP contribution in [0.15, 0.2) is 41.6 Å². The third-order valence-corrected chi connectivity index (χ3v) is 4.68. The second-order valence-corrected chi connectivity index (χ2v) is 6.91. The number of rotatable bonds is 5. The number of nitrogens with two attached hydrogens (primary N) is 1. The predicted octanol–water partition coefficient (Wildman–Crippen LogP) is 2.69. The van der Waals surface area contributed by atoms with Gasteiger partial charge in [-0.1, -0.05) is 42.1 Å². The molecule has 7 nitrogen and oxygen atoms in total. The smallest absolute Gasteiger partial charge is 0.318 e. The van der Waals surface area contributed by atoms with Crippen LogP contribution in [0, 0.1) is 13.8 Å². The number of nitrogens with one attached hydrogen (secondary N) is 1. The molecular weight excluding hydrogens is 350 g/mol. The molecule has 0 fully saturated rings. The van der Waals surface area contributed by atoms with E-state index in [4.69, 9.17) is 10.7 Å². The van der Waals surface area contributed by atoms with Gasteiger partial charge in [0.15, 0.2) is 5.16 Å². The summed E-state index contributed by atoms with van der Waals surface area (Å²) in [6, 6.07) is 11.1. The van der Waals surface area contributed by atoms with Gasteiger partial charge in [0, 0.05) is 17.7 Å². The van der Waals surface area contributed by atoms with E-state index in [9.17, 15) is 9.59 Å². The maximum Gasteiger partial charge on any atom is 0.318 e. The summed E-state index contributed by atoms with van der Waals surface area (Å²) < 4.78 is 1.82. The number of carbonyl (C=O) groups excluding carboxylic acids is 2. The van der Waals surface area contributed by atoms with Crippen LogP contribution in [0.2, 0.25) is 0 Å². The lowest BCUT2D eigenvalue weighted by atomic mass is 10.1. The minimum atomic E-state index is -0.842. The fourth-order valence-corrected chi connectivity index (χ4v) is 3.61. The topological polar surface area (TPSA) is 102 Å². The summed E-state index contributed by atoms with van der Waals surface area (Å²) in [4.78, 5) is 27.0. The highest BCUT2D eigenvalue weighted by Crippen LogP contribution is 2.30. The second kappa shape index (κ2) is 7.57. The number of aromatic nitrogens is 3. The van der Waals surface area contributed by atoms with Gasteiger partial charge in [-0.15, -0.1) is 0 Å². The number of amides is 3. The first-order valence-electron chi connectivity index (χ1n) is 8.10. The number of carbonyl (C=O) groups is 2. The molecule has 0 unspecified atom stereocenters. The minimum Gasteiger partial charge on any atom is -0.351 e. The number of imidazole rings is 1. The van der Waals surface area contributed by atoms with Crippen LogP contribution in [0.4, 0.5) is 4.79 Å². The Kier molecular flexibility index (Phi) is 5.22. The Bertz CT molecular complexity index is 969. The molecule has 3 rings (SSSR count). The number of hydrogen-bond donors (Lipinski definition) is 2. The first-order chi connectivity index (χ1) is 12.5. The second-order valence-electron chi connectivity index (χ2n) is 5.85. The third-order valence-electron chi connectivity index (χ3n) is 3.75. The molecule has 134 valence electrons. The minimum absolute atomic E-state index is 0.161. The number of thioether (sulfide) groups is 1. The van der Waals surface area contributed by atoms with Gasteiger partial charge in [0.2, 0.25) is 5.91 Å². The Morgan fingerprint density at radius 3 is 2.65 bits per heavy atom. The van der Waals surface area contributed by atoms with Gasteiger partial charge in [-0.2, -0.15) is 5.10 Å². The van der Waals surface area contributed by atoms with Crippen molar-refractivity contribution in [2.24, 2.45) is 5.73 Å². The van der Waals surface area contributed by atoms with Crippen molar-refractivity contribution in [3.8, 4) is 11.3 Å². The van der Waals surface area contributed by atoms with E-state index in [0.717, 1.165) is 28.0 Å². The number of nitrogens with zero attached hydrogens (tertiary/aromatic N) is 3. The van der Waals surface area contributed by atoms with Crippen molar-refractivity contribution in [2.45, 2.75) is 25.4 Å². The van der Waals surface area contributed by atoms with Crippen molar-refractivity contribution in [1.29, 1.82) is 0 Å². The third kappa shape index (κ3) is 3.85. The number of primary amides is 1. The van der Waals surface area contributed by atoms with Crippen LogP contribution in [0.1, 0.15) is 17.7 Å². The van der Waals surface area contributed by atoms with Gasteiger partial charge in [-0.3, -0.25) is 10.1 Å². The molecule has 0 aliphatic heterocycles. The highest BCUT2D eigenvalue weighted by Gasteiger charge is 2.17. The number of benzene rings is 1. The quantitative estimate of drug-likeness (QED) is 0.673. The van der Waals surface area contributed by atoms with Crippen LogP contribution in [-0.4, -0.2) is 32.3 Å². The highest BCUT2D eigenvalue weighted by atomic mass is 32.2. The molecule has 8 heteroatoms. The summed E-state index contributed by atoms with van der Waals surface area (Å²) in [7, 11) is 0. The van der Waals surface area contributed by atoms with Crippen molar-refractivity contribution >= 4 is 29.2 Å². The van der Waals surface area contributed by atoms with Crippen LogP contribution in [0.5, 0.6) is 0 Å². The zero-order valence-electron chi connectivity index (χ0n) is 14.5. The summed E-state index contributed by atoms with van der Waals surface area (Å²) in [5.41, 5.74) is 9.74. The Labute approximate surface area is 155 Å². The van der Waals surface area contributed by atoms with Crippen LogP contribution < -0.4 is 11.1 Å². The van der Waals surface area contributed by atoms with E-state index >= 15 is 0 Å². The molecule has 26 heavy (non-hydrogen) atoms. The lowest BCUT2D eigenvalue weighted by Gasteiger charge is -2.04. The van der Waals surface area contributed by atoms with E-state index in [1.54, 1.807) is 0 Å². The van der Waals surface area contributed by atoms with Crippen LogP contribution in [0.25, 0.3) is 16.8 Å². The predicted molar refractivity (Wildman–Crippen MR) is 101 cm³/mol. The SMILES string of the molecule is Cc1cc(C)c2c(-c3ccccc3)nc(SCCC(=O)NC(N)=O)n2n1. The van der Waals surface area contributed by atoms with E-state index in [1.165, 1.54) is 11.8 Å².